The molecule has 4 rings (SSSR count). The molecule has 1 saturated heterocycles. The molecule has 1 N–H and O–H groups in total. The number of nitrogens with zero attached hydrogens (tertiary/aromatic N) is 4. The van der Waals surface area contributed by atoms with E-state index in [2.05, 4.69) is 28.2 Å². The molecule has 4 heterocycles. The van der Waals surface area contributed by atoms with E-state index in [1.54, 1.807) is 17.7 Å². The number of aromatic nitrogens is 3. The third-order valence-electron chi connectivity index (χ3n) is 4.68. The van der Waals surface area contributed by atoms with Gasteiger partial charge in [0.15, 0.2) is 11.4 Å². The summed E-state index contributed by atoms with van der Waals surface area (Å²) in [6.07, 6.45) is 7.58. The zero-order valence-corrected chi connectivity index (χ0v) is 12.8. The van der Waals surface area contributed by atoms with Crippen molar-refractivity contribution < 1.29 is 5.11 Å². The minimum atomic E-state index is -1.04. The minimum Gasteiger partial charge on any atom is -0.376 e. The Morgan fingerprint density at radius 3 is 3.00 bits per heavy atom. The fourth-order valence-electron chi connectivity index (χ4n) is 3.44. The third-order valence-corrected chi connectivity index (χ3v) is 5.73. The first kappa shape index (κ1) is 13.2. The molecule has 2 aromatic rings. The van der Waals surface area contributed by atoms with Crippen LogP contribution in [-0.2, 0) is 5.60 Å². The largest absolute Gasteiger partial charge is 0.376 e. The smallest absolute Gasteiger partial charge is 0.174 e. The highest BCUT2D eigenvalue weighted by molar-refractivity contribution is 7.10. The summed E-state index contributed by atoms with van der Waals surface area (Å²) >= 11 is 1.61. The van der Waals surface area contributed by atoms with Crippen molar-refractivity contribution in [3.8, 4) is 0 Å². The molecule has 2 aliphatic rings. The first-order valence-electron chi connectivity index (χ1n) is 7.26. The second-order valence-electron chi connectivity index (χ2n) is 5.93. The van der Waals surface area contributed by atoms with Gasteiger partial charge in [0.25, 0.3) is 0 Å². The Labute approximate surface area is 127 Å². The van der Waals surface area contributed by atoms with Crippen LogP contribution in [0.1, 0.15) is 29.1 Å². The molecule has 1 fully saturated rings. The van der Waals surface area contributed by atoms with Gasteiger partial charge in [-0.25, -0.2) is 0 Å². The van der Waals surface area contributed by atoms with Crippen molar-refractivity contribution in [1.82, 2.24) is 19.7 Å². The predicted molar refractivity (Wildman–Crippen MR) is 82.8 cm³/mol. The molecule has 1 atom stereocenters. The first-order chi connectivity index (χ1) is 10.2. The monoisotopic (exact) mass is 302 g/mol. The lowest BCUT2D eigenvalue weighted by Gasteiger charge is -2.39. The van der Waals surface area contributed by atoms with Crippen LogP contribution in [0.15, 0.2) is 17.8 Å². The van der Waals surface area contributed by atoms with E-state index in [0.29, 0.717) is 5.82 Å². The lowest BCUT2D eigenvalue weighted by molar-refractivity contribution is -0.0159. The molecule has 0 aliphatic carbocycles. The topological polar surface area (TPSA) is 54.2 Å². The van der Waals surface area contributed by atoms with E-state index >= 15 is 0 Å². The molecule has 0 saturated carbocycles. The zero-order chi connectivity index (χ0) is 14.4. The van der Waals surface area contributed by atoms with Crippen LogP contribution in [-0.4, -0.2) is 44.9 Å². The summed E-state index contributed by atoms with van der Waals surface area (Å²) in [5.41, 5.74) is 0.0528. The van der Waals surface area contributed by atoms with Crippen LogP contribution in [0.2, 0.25) is 0 Å². The van der Waals surface area contributed by atoms with Gasteiger partial charge in [0, 0.05) is 12.1 Å². The van der Waals surface area contributed by atoms with Gasteiger partial charge in [-0.15, -0.1) is 21.5 Å². The summed E-state index contributed by atoms with van der Waals surface area (Å²) in [4.78, 5) is 3.31. The number of thiophene rings is 1. The molecular formula is C15H18N4OS. The van der Waals surface area contributed by atoms with E-state index in [4.69, 9.17) is 0 Å². The van der Waals surface area contributed by atoms with E-state index in [-0.39, 0.29) is 5.92 Å². The minimum absolute atomic E-state index is 0.175. The molecule has 2 aromatic heterocycles. The normalized spacial score (nSPS) is 26.4. The van der Waals surface area contributed by atoms with Gasteiger partial charge in [0.2, 0.25) is 0 Å². The van der Waals surface area contributed by atoms with Gasteiger partial charge in [0.05, 0.1) is 4.88 Å². The molecule has 0 amide bonds. The van der Waals surface area contributed by atoms with E-state index < -0.39 is 5.60 Å². The molecule has 21 heavy (non-hydrogen) atoms. The standard InChI is InChI=1S/C15H18N4OS/c1-18-6-3-12(4-7-18)15(20)13-11(5-9-21-13)2-8-19-10-16-17-14(15)19/h2,5,8-10,12,20H,3-4,6-7H2,1H3. The Hall–Kier alpha value is -1.50. The van der Waals surface area contributed by atoms with Crippen LogP contribution < -0.4 is 0 Å². The van der Waals surface area contributed by atoms with Gasteiger partial charge in [0.1, 0.15) is 6.33 Å². The van der Waals surface area contributed by atoms with E-state index in [9.17, 15) is 5.11 Å². The maximum atomic E-state index is 11.7. The molecule has 0 radical (unpaired) electrons. The van der Waals surface area contributed by atoms with Crippen molar-refractivity contribution in [2.45, 2.75) is 18.4 Å². The van der Waals surface area contributed by atoms with Gasteiger partial charge in [-0.05, 0) is 56.1 Å². The molecule has 0 aromatic carbocycles. The quantitative estimate of drug-likeness (QED) is 0.873. The molecule has 0 spiro atoms. The summed E-state index contributed by atoms with van der Waals surface area (Å²) in [7, 11) is 2.13. The number of aliphatic hydroxyl groups is 1. The number of likely N-dealkylation sites (tertiary alicyclic amines) is 1. The fraction of sp³-hybridized carbons (Fsp3) is 0.467. The Kier molecular flexibility index (Phi) is 2.99. The summed E-state index contributed by atoms with van der Waals surface area (Å²) in [6, 6.07) is 2.07. The highest BCUT2D eigenvalue weighted by Gasteiger charge is 2.47. The van der Waals surface area contributed by atoms with Crippen molar-refractivity contribution in [1.29, 1.82) is 0 Å². The second kappa shape index (κ2) is 4.76. The summed E-state index contributed by atoms with van der Waals surface area (Å²) in [6.45, 7) is 2.02. The number of piperidine rings is 1. The van der Waals surface area contributed by atoms with Crippen LogP contribution in [0.25, 0.3) is 12.3 Å². The number of fused-ring (bicyclic) bond motifs is 2. The average Bonchev–Trinajstić information content (AvgIpc) is 3.13. The second-order valence-corrected chi connectivity index (χ2v) is 6.84. The lowest BCUT2D eigenvalue weighted by atomic mass is 9.78. The maximum absolute atomic E-state index is 11.7. The van der Waals surface area contributed by atoms with Crippen LogP contribution in [0.4, 0.5) is 0 Å². The van der Waals surface area contributed by atoms with Crippen LogP contribution in [0.3, 0.4) is 0 Å². The van der Waals surface area contributed by atoms with Gasteiger partial charge in [-0.3, -0.25) is 4.57 Å². The molecule has 0 bridgehead atoms. The number of hydrogen-bond donors (Lipinski definition) is 1. The molecule has 5 nitrogen and oxygen atoms in total. The molecular weight excluding hydrogens is 284 g/mol. The lowest BCUT2D eigenvalue weighted by Crippen LogP contribution is -2.44. The molecule has 110 valence electrons. The van der Waals surface area contributed by atoms with E-state index in [1.165, 1.54) is 0 Å². The van der Waals surface area contributed by atoms with Gasteiger partial charge in [-0.1, -0.05) is 0 Å². The Bertz CT molecular complexity index is 637. The van der Waals surface area contributed by atoms with E-state index in [1.807, 2.05) is 22.2 Å². The Morgan fingerprint density at radius 2 is 2.19 bits per heavy atom. The molecule has 1 unspecified atom stereocenters. The van der Waals surface area contributed by atoms with Crippen LogP contribution in [0, 0.1) is 5.92 Å². The summed E-state index contributed by atoms with van der Waals surface area (Å²) in [5, 5.41) is 22.0. The van der Waals surface area contributed by atoms with Crippen LogP contribution >= 0.6 is 11.3 Å². The number of hydrogen-bond acceptors (Lipinski definition) is 5. The van der Waals surface area contributed by atoms with Crippen molar-refractivity contribution in [3.05, 3.63) is 34.0 Å². The van der Waals surface area contributed by atoms with Gasteiger partial charge < -0.3 is 10.0 Å². The highest BCUT2D eigenvalue weighted by atomic mass is 32.1. The van der Waals surface area contributed by atoms with Crippen LogP contribution in [0.5, 0.6) is 0 Å². The summed E-state index contributed by atoms with van der Waals surface area (Å²) in [5.74, 6) is 0.823. The van der Waals surface area contributed by atoms with Crippen molar-refractivity contribution in [2.75, 3.05) is 20.1 Å². The number of rotatable bonds is 1. The van der Waals surface area contributed by atoms with Crippen molar-refractivity contribution in [2.24, 2.45) is 5.92 Å². The Morgan fingerprint density at radius 1 is 1.38 bits per heavy atom. The highest BCUT2D eigenvalue weighted by Crippen LogP contribution is 2.46. The van der Waals surface area contributed by atoms with Gasteiger partial charge in [-0.2, -0.15) is 0 Å². The van der Waals surface area contributed by atoms with E-state index in [0.717, 1.165) is 36.4 Å². The average molecular weight is 302 g/mol. The zero-order valence-electron chi connectivity index (χ0n) is 11.9. The third kappa shape index (κ3) is 1.90. The maximum Gasteiger partial charge on any atom is 0.174 e. The molecule has 6 heteroatoms. The predicted octanol–water partition coefficient (Wildman–Crippen LogP) is 1.86. The first-order valence-corrected chi connectivity index (χ1v) is 8.14. The fourth-order valence-corrected chi connectivity index (χ4v) is 4.50. The SMILES string of the molecule is CN1CCC(C2(O)c3sccc3C=Cn3cnnc32)CC1. The molecule has 2 aliphatic heterocycles. The summed E-state index contributed by atoms with van der Waals surface area (Å²) < 4.78 is 1.85. The van der Waals surface area contributed by atoms with Gasteiger partial charge >= 0.3 is 0 Å². The Balaban J connectivity index is 1.86. The van der Waals surface area contributed by atoms with Crippen molar-refractivity contribution in [3.63, 3.8) is 0 Å². The van der Waals surface area contributed by atoms with Crippen molar-refractivity contribution >= 4 is 23.6 Å².